The van der Waals surface area contributed by atoms with Crippen molar-refractivity contribution in [3.8, 4) is 0 Å². The van der Waals surface area contributed by atoms with Gasteiger partial charge in [-0.15, -0.1) is 11.3 Å². The molecule has 0 aliphatic heterocycles. The standard InChI is InChI=1S/C19H25N3O3S/c1-4-11-22(12-17-20-16(13-26-17)18(23)25-6-3)19(24)21-15-10-8-7-9-14(15)5-2/h7-10,13H,4-6,11-12H2,1-3H3,(H,21,24). The average molecular weight is 375 g/mol. The Kier molecular flexibility index (Phi) is 7.59. The number of anilines is 1. The summed E-state index contributed by atoms with van der Waals surface area (Å²) in [7, 11) is 0. The predicted octanol–water partition coefficient (Wildman–Crippen LogP) is 4.33. The lowest BCUT2D eigenvalue weighted by molar-refractivity contribution is 0.0520. The quantitative estimate of drug-likeness (QED) is 0.697. The van der Waals surface area contributed by atoms with Gasteiger partial charge in [-0.2, -0.15) is 0 Å². The Balaban J connectivity index is 2.08. The number of rotatable bonds is 8. The topological polar surface area (TPSA) is 71.5 Å². The zero-order valence-corrected chi connectivity index (χ0v) is 16.3. The molecule has 26 heavy (non-hydrogen) atoms. The lowest BCUT2D eigenvalue weighted by Gasteiger charge is -2.22. The molecule has 0 radical (unpaired) electrons. The molecule has 1 heterocycles. The second-order valence-electron chi connectivity index (χ2n) is 5.71. The van der Waals surface area contributed by atoms with E-state index in [1.54, 1.807) is 17.2 Å². The lowest BCUT2D eigenvalue weighted by atomic mass is 10.1. The van der Waals surface area contributed by atoms with Crippen molar-refractivity contribution >= 4 is 29.0 Å². The summed E-state index contributed by atoms with van der Waals surface area (Å²) in [4.78, 5) is 30.5. The van der Waals surface area contributed by atoms with Gasteiger partial charge in [0.25, 0.3) is 0 Å². The van der Waals surface area contributed by atoms with Gasteiger partial charge in [-0.1, -0.05) is 32.0 Å². The monoisotopic (exact) mass is 375 g/mol. The highest BCUT2D eigenvalue weighted by molar-refractivity contribution is 7.09. The van der Waals surface area contributed by atoms with Crippen LogP contribution in [-0.4, -0.2) is 35.0 Å². The second kappa shape index (κ2) is 9.91. The van der Waals surface area contributed by atoms with E-state index in [0.29, 0.717) is 30.4 Å². The molecule has 0 atom stereocenters. The fourth-order valence-corrected chi connectivity index (χ4v) is 3.29. The molecule has 6 nitrogen and oxygen atoms in total. The normalized spacial score (nSPS) is 10.4. The number of para-hydroxylation sites is 1. The van der Waals surface area contributed by atoms with E-state index >= 15 is 0 Å². The van der Waals surface area contributed by atoms with Crippen LogP contribution in [0, 0.1) is 0 Å². The molecule has 2 aromatic rings. The van der Waals surface area contributed by atoms with Gasteiger partial charge in [-0.3, -0.25) is 0 Å². The minimum atomic E-state index is -0.432. The first-order valence-corrected chi connectivity index (χ1v) is 9.72. The van der Waals surface area contributed by atoms with Gasteiger partial charge in [0, 0.05) is 17.6 Å². The fourth-order valence-electron chi connectivity index (χ4n) is 2.51. The van der Waals surface area contributed by atoms with Gasteiger partial charge in [-0.25, -0.2) is 14.6 Å². The zero-order chi connectivity index (χ0) is 18.9. The SMILES string of the molecule is CCCN(Cc1nc(C(=O)OCC)cs1)C(=O)Nc1ccccc1CC. The maximum absolute atomic E-state index is 12.7. The number of aromatic nitrogens is 1. The number of aryl methyl sites for hydroxylation is 1. The number of hydrogen-bond acceptors (Lipinski definition) is 5. The highest BCUT2D eigenvalue weighted by Gasteiger charge is 2.18. The first kappa shape index (κ1) is 19.9. The van der Waals surface area contributed by atoms with Crippen LogP contribution in [0.1, 0.15) is 48.3 Å². The van der Waals surface area contributed by atoms with Crippen LogP contribution in [0.4, 0.5) is 10.5 Å². The van der Waals surface area contributed by atoms with Gasteiger partial charge in [0.2, 0.25) is 0 Å². The summed E-state index contributed by atoms with van der Waals surface area (Å²) in [6, 6.07) is 7.62. The van der Waals surface area contributed by atoms with E-state index in [2.05, 4.69) is 17.2 Å². The number of ether oxygens (including phenoxy) is 1. The number of urea groups is 1. The van der Waals surface area contributed by atoms with Crippen molar-refractivity contribution in [2.24, 2.45) is 0 Å². The summed E-state index contributed by atoms with van der Waals surface area (Å²) in [6.45, 7) is 7.11. The number of esters is 1. The van der Waals surface area contributed by atoms with E-state index in [9.17, 15) is 9.59 Å². The molecule has 0 unspecified atom stereocenters. The molecular weight excluding hydrogens is 350 g/mol. The molecule has 1 N–H and O–H groups in total. The molecule has 140 valence electrons. The Hall–Kier alpha value is -2.41. The summed E-state index contributed by atoms with van der Waals surface area (Å²) in [5.41, 5.74) is 2.21. The Bertz CT molecular complexity index is 745. The van der Waals surface area contributed by atoms with Crippen LogP contribution >= 0.6 is 11.3 Å². The number of benzene rings is 1. The Morgan fingerprint density at radius 1 is 1.23 bits per heavy atom. The molecule has 0 fully saturated rings. The first-order valence-electron chi connectivity index (χ1n) is 8.84. The minimum Gasteiger partial charge on any atom is -0.461 e. The number of hydrogen-bond donors (Lipinski definition) is 1. The lowest BCUT2D eigenvalue weighted by Crippen LogP contribution is -2.35. The van der Waals surface area contributed by atoms with Crippen LogP contribution in [0.3, 0.4) is 0 Å². The van der Waals surface area contributed by atoms with Crippen LogP contribution in [0.15, 0.2) is 29.6 Å². The molecule has 0 spiro atoms. The summed E-state index contributed by atoms with van der Waals surface area (Å²) >= 11 is 1.36. The van der Waals surface area contributed by atoms with Crippen LogP contribution in [0.5, 0.6) is 0 Å². The molecule has 2 rings (SSSR count). The van der Waals surface area contributed by atoms with E-state index in [0.717, 1.165) is 24.1 Å². The van der Waals surface area contributed by atoms with Crippen LogP contribution in [0.25, 0.3) is 0 Å². The third kappa shape index (κ3) is 5.29. The Labute approximate surface area is 158 Å². The van der Waals surface area contributed by atoms with Crippen LogP contribution in [0.2, 0.25) is 0 Å². The number of carbonyl (C=O) groups excluding carboxylic acids is 2. The van der Waals surface area contributed by atoms with Gasteiger partial charge in [0.05, 0.1) is 13.2 Å². The molecular formula is C19H25N3O3S. The fraction of sp³-hybridized carbons (Fsp3) is 0.421. The number of amides is 2. The van der Waals surface area contributed by atoms with Crippen molar-refractivity contribution in [2.75, 3.05) is 18.5 Å². The Morgan fingerprint density at radius 3 is 2.69 bits per heavy atom. The molecule has 0 aliphatic carbocycles. The number of nitrogens with zero attached hydrogens (tertiary/aromatic N) is 2. The van der Waals surface area contributed by atoms with Gasteiger partial charge < -0.3 is 15.0 Å². The van der Waals surface area contributed by atoms with Gasteiger partial charge in [0.15, 0.2) is 5.69 Å². The van der Waals surface area contributed by atoms with Crippen molar-refractivity contribution in [1.82, 2.24) is 9.88 Å². The largest absolute Gasteiger partial charge is 0.461 e. The smallest absolute Gasteiger partial charge is 0.357 e. The molecule has 1 aromatic heterocycles. The van der Waals surface area contributed by atoms with Crippen LogP contribution in [-0.2, 0) is 17.7 Å². The average Bonchev–Trinajstić information content (AvgIpc) is 3.11. The minimum absolute atomic E-state index is 0.166. The molecule has 0 aliphatic rings. The first-order chi connectivity index (χ1) is 12.6. The highest BCUT2D eigenvalue weighted by atomic mass is 32.1. The van der Waals surface area contributed by atoms with Gasteiger partial charge >= 0.3 is 12.0 Å². The maximum atomic E-state index is 12.7. The van der Waals surface area contributed by atoms with Crippen molar-refractivity contribution in [3.05, 3.63) is 45.9 Å². The van der Waals surface area contributed by atoms with Crippen molar-refractivity contribution in [1.29, 1.82) is 0 Å². The van der Waals surface area contributed by atoms with E-state index < -0.39 is 5.97 Å². The van der Waals surface area contributed by atoms with Crippen molar-refractivity contribution < 1.29 is 14.3 Å². The molecule has 1 aromatic carbocycles. The van der Waals surface area contributed by atoms with Crippen LogP contribution < -0.4 is 5.32 Å². The van der Waals surface area contributed by atoms with Gasteiger partial charge in [0.1, 0.15) is 5.01 Å². The molecule has 0 saturated carbocycles. The van der Waals surface area contributed by atoms with Gasteiger partial charge in [-0.05, 0) is 31.4 Å². The summed E-state index contributed by atoms with van der Waals surface area (Å²) < 4.78 is 4.96. The summed E-state index contributed by atoms with van der Waals surface area (Å²) in [5.74, 6) is -0.432. The molecule has 2 amide bonds. The van der Waals surface area contributed by atoms with E-state index in [1.807, 2.05) is 31.2 Å². The second-order valence-corrected chi connectivity index (χ2v) is 6.65. The Morgan fingerprint density at radius 2 is 2.00 bits per heavy atom. The zero-order valence-electron chi connectivity index (χ0n) is 15.4. The van der Waals surface area contributed by atoms with Crippen molar-refractivity contribution in [3.63, 3.8) is 0 Å². The number of carbonyl (C=O) groups is 2. The number of nitrogens with one attached hydrogen (secondary N) is 1. The van der Waals surface area contributed by atoms with E-state index in [-0.39, 0.29) is 6.03 Å². The van der Waals surface area contributed by atoms with Crippen molar-refractivity contribution in [2.45, 2.75) is 40.2 Å². The molecule has 7 heteroatoms. The summed E-state index contributed by atoms with van der Waals surface area (Å²) in [6.07, 6.45) is 1.68. The van der Waals surface area contributed by atoms with E-state index in [1.165, 1.54) is 11.3 Å². The van der Waals surface area contributed by atoms with E-state index in [4.69, 9.17) is 4.74 Å². The maximum Gasteiger partial charge on any atom is 0.357 e. The predicted molar refractivity (Wildman–Crippen MR) is 104 cm³/mol. The summed E-state index contributed by atoms with van der Waals surface area (Å²) in [5, 5.41) is 5.37. The third-order valence-electron chi connectivity index (χ3n) is 3.78. The number of thiazole rings is 1. The molecule has 0 bridgehead atoms. The third-order valence-corrected chi connectivity index (χ3v) is 4.62. The highest BCUT2D eigenvalue weighted by Crippen LogP contribution is 2.18. The molecule has 0 saturated heterocycles.